The number of hydrogen-bond acceptors (Lipinski definition) is 2. The quantitative estimate of drug-likeness (QED) is 0.748. The molecule has 0 bridgehead atoms. The first-order valence-corrected chi connectivity index (χ1v) is 7.85. The molecule has 118 valence electrons. The molecule has 0 saturated carbocycles. The molecule has 0 fully saturated rings. The predicted molar refractivity (Wildman–Crippen MR) is 90.8 cm³/mol. The van der Waals surface area contributed by atoms with Crippen molar-refractivity contribution in [2.24, 2.45) is 7.05 Å². The summed E-state index contributed by atoms with van der Waals surface area (Å²) in [4.78, 5) is 9.34. The zero-order valence-corrected chi connectivity index (χ0v) is 15.2. The van der Waals surface area contributed by atoms with Crippen LogP contribution in [0.4, 0.5) is 0 Å². The standard InChI is InChI=1S/C19H28N3/c1-13-11-20-17(19(5,6)7)21-16(13)15-10-9-14(12-22(15)8)18(2,3)4/h9-12H,1-8H3/q+1. The van der Waals surface area contributed by atoms with Gasteiger partial charge < -0.3 is 0 Å². The number of nitrogens with zero attached hydrogens (tertiary/aromatic N) is 3. The minimum absolute atomic E-state index is 0.0492. The van der Waals surface area contributed by atoms with Gasteiger partial charge >= 0.3 is 0 Å². The molecule has 0 aromatic carbocycles. The Balaban J connectivity index is 2.57. The Morgan fingerprint density at radius 1 is 0.955 bits per heavy atom. The number of pyridine rings is 1. The summed E-state index contributed by atoms with van der Waals surface area (Å²) in [5, 5.41) is 0. The van der Waals surface area contributed by atoms with E-state index in [2.05, 4.69) is 83.4 Å². The predicted octanol–water partition coefficient (Wildman–Crippen LogP) is 3.87. The summed E-state index contributed by atoms with van der Waals surface area (Å²) in [7, 11) is 2.09. The van der Waals surface area contributed by atoms with E-state index in [1.54, 1.807) is 0 Å². The highest BCUT2D eigenvalue weighted by atomic mass is 15.0. The van der Waals surface area contributed by atoms with Gasteiger partial charge in [0.1, 0.15) is 18.6 Å². The molecule has 2 heterocycles. The van der Waals surface area contributed by atoms with Crippen LogP contribution in [0.2, 0.25) is 0 Å². The van der Waals surface area contributed by atoms with E-state index < -0.39 is 0 Å². The van der Waals surface area contributed by atoms with E-state index in [1.807, 2.05) is 6.20 Å². The monoisotopic (exact) mass is 298 g/mol. The molecule has 0 saturated heterocycles. The normalized spacial score (nSPS) is 12.5. The zero-order valence-electron chi connectivity index (χ0n) is 15.2. The second kappa shape index (κ2) is 5.45. The van der Waals surface area contributed by atoms with Gasteiger partial charge in [-0.3, -0.25) is 0 Å². The summed E-state index contributed by atoms with van der Waals surface area (Å²) in [6.45, 7) is 15.2. The molecule has 0 spiro atoms. The van der Waals surface area contributed by atoms with E-state index in [9.17, 15) is 0 Å². The average Bonchev–Trinajstić information content (AvgIpc) is 2.37. The van der Waals surface area contributed by atoms with Gasteiger partial charge in [0.25, 0.3) is 0 Å². The molecule has 0 amide bonds. The number of rotatable bonds is 1. The highest BCUT2D eigenvalue weighted by Crippen LogP contribution is 2.25. The van der Waals surface area contributed by atoms with Gasteiger partial charge in [0, 0.05) is 23.2 Å². The third-order valence-electron chi connectivity index (χ3n) is 3.88. The van der Waals surface area contributed by atoms with Gasteiger partial charge in [-0.1, -0.05) is 41.5 Å². The van der Waals surface area contributed by atoms with Crippen molar-refractivity contribution in [2.45, 2.75) is 59.3 Å². The van der Waals surface area contributed by atoms with Crippen molar-refractivity contribution in [1.29, 1.82) is 0 Å². The highest BCUT2D eigenvalue weighted by Gasteiger charge is 2.23. The Morgan fingerprint density at radius 2 is 1.59 bits per heavy atom. The second-order valence-electron chi connectivity index (χ2n) is 8.14. The highest BCUT2D eigenvalue weighted by molar-refractivity contribution is 5.55. The van der Waals surface area contributed by atoms with Crippen LogP contribution in [0.1, 0.15) is 58.5 Å². The fourth-order valence-electron chi connectivity index (χ4n) is 2.36. The molecule has 3 heteroatoms. The molecule has 0 unspecified atom stereocenters. The second-order valence-corrected chi connectivity index (χ2v) is 8.14. The molecule has 2 aromatic heterocycles. The van der Waals surface area contributed by atoms with Gasteiger partial charge in [0.15, 0.2) is 6.20 Å². The summed E-state index contributed by atoms with van der Waals surface area (Å²) in [6, 6.07) is 4.37. The molecule has 0 aliphatic rings. The van der Waals surface area contributed by atoms with E-state index in [0.717, 1.165) is 22.8 Å². The fraction of sp³-hybridized carbons (Fsp3) is 0.526. The van der Waals surface area contributed by atoms with Crippen LogP contribution in [0.15, 0.2) is 24.5 Å². The molecule has 0 radical (unpaired) electrons. The van der Waals surface area contributed by atoms with Gasteiger partial charge in [0.05, 0.1) is 0 Å². The van der Waals surface area contributed by atoms with Crippen LogP contribution in [-0.2, 0) is 17.9 Å². The summed E-state index contributed by atoms with van der Waals surface area (Å²) in [6.07, 6.45) is 4.13. The molecular weight excluding hydrogens is 270 g/mol. The maximum absolute atomic E-state index is 4.83. The van der Waals surface area contributed by atoms with Crippen molar-refractivity contribution < 1.29 is 4.57 Å². The largest absolute Gasteiger partial charge is 0.240 e. The SMILES string of the molecule is Cc1cnc(C(C)(C)C)nc1-c1ccc(C(C)(C)C)c[n+]1C. The lowest BCUT2D eigenvalue weighted by molar-refractivity contribution is -0.661. The van der Waals surface area contributed by atoms with E-state index in [0.29, 0.717) is 0 Å². The summed E-state index contributed by atoms with van der Waals surface area (Å²) < 4.78 is 2.17. The first-order chi connectivity index (χ1) is 10.00. The maximum atomic E-state index is 4.83. The summed E-state index contributed by atoms with van der Waals surface area (Å²) in [5.41, 5.74) is 4.66. The average molecular weight is 298 g/mol. The molecule has 3 nitrogen and oxygen atoms in total. The van der Waals surface area contributed by atoms with E-state index in [1.165, 1.54) is 5.56 Å². The number of aromatic nitrogens is 3. The first-order valence-electron chi connectivity index (χ1n) is 7.85. The molecule has 0 aliphatic carbocycles. The van der Waals surface area contributed by atoms with Crippen molar-refractivity contribution in [1.82, 2.24) is 9.97 Å². The van der Waals surface area contributed by atoms with Crippen LogP contribution in [0.5, 0.6) is 0 Å². The van der Waals surface area contributed by atoms with Gasteiger partial charge in [-0.15, -0.1) is 0 Å². The Hall–Kier alpha value is -1.77. The zero-order chi connectivity index (χ0) is 16.7. The lowest BCUT2D eigenvalue weighted by Gasteiger charge is -2.19. The molecule has 0 N–H and O–H groups in total. The molecule has 2 rings (SSSR count). The lowest BCUT2D eigenvalue weighted by Crippen LogP contribution is -2.33. The first kappa shape index (κ1) is 16.6. The summed E-state index contributed by atoms with van der Waals surface area (Å²) in [5.74, 6) is 0.882. The molecular formula is C19H28N3+. The van der Waals surface area contributed by atoms with Gasteiger partial charge in [-0.05, 0) is 24.0 Å². The minimum Gasteiger partial charge on any atom is -0.240 e. The molecule has 2 aromatic rings. The van der Waals surface area contributed by atoms with Gasteiger partial charge in [0.2, 0.25) is 5.69 Å². The number of hydrogen-bond donors (Lipinski definition) is 0. The Labute approximate surface area is 134 Å². The van der Waals surface area contributed by atoms with Crippen LogP contribution >= 0.6 is 0 Å². The van der Waals surface area contributed by atoms with E-state index in [-0.39, 0.29) is 10.8 Å². The third-order valence-corrected chi connectivity index (χ3v) is 3.88. The molecule has 0 atom stereocenters. The van der Waals surface area contributed by atoms with E-state index in [4.69, 9.17) is 4.98 Å². The van der Waals surface area contributed by atoms with Crippen molar-refractivity contribution >= 4 is 0 Å². The lowest BCUT2D eigenvalue weighted by atomic mass is 9.88. The molecule has 22 heavy (non-hydrogen) atoms. The topological polar surface area (TPSA) is 29.7 Å². The summed E-state index contributed by atoms with van der Waals surface area (Å²) >= 11 is 0. The fourth-order valence-corrected chi connectivity index (χ4v) is 2.36. The van der Waals surface area contributed by atoms with Crippen molar-refractivity contribution in [3.05, 3.63) is 41.5 Å². The van der Waals surface area contributed by atoms with Crippen molar-refractivity contribution in [2.75, 3.05) is 0 Å². The van der Waals surface area contributed by atoms with Crippen LogP contribution in [0, 0.1) is 6.92 Å². The van der Waals surface area contributed by atoms with Gasteiger partial charge in [-0.2, -0.15) is 4.57 Å². The Kier molecular flexibility index (Phi) is 4.12. The Morgan fingerprint density at radius 3 is 2.09 bits per heavy atom. The third kappa shape index (κ3) is 3.34. The number of aryl methyl sites for hydroxylation is 2. The van der Waals surface area contributed by atoms with E-state index >= 15 is 0 Å². The minimum atomic E-state index is -0.0492. The van der Waals surface area contributed by atoms with Crippen LogP contribution in [0.3, 0.4) is 0 Å². The maximum Gasteiger partial charge on any atom is 0.231 e. The van der Waals surface area contributed by atoms with Crippen molar-refractivity contribution in [3.63, 3.8) is 0 Å². The van der Waals surface area contributed by atoms with Crippen LogP contribution in [0.25, 0.3) is 11.4 Å². The van der Waals surface area contributed by atoms with Crippen LogP contribution < -0.4 is 4.57 Å². The smallest absolute Gasteiger partial charge is 0.231 e. The van der Waals surface area contributed by atoms with Crippen LogP contribution in [-0.4, -0.2) is 9.97 Å². The van der Waals surface area contributed by atoms with Crippen molar-refractivity contribution in [3.8, 4) is 11.4 Å². The molecule has 0 aliphatic heterocycles. The van der Waals surface area contributed by atoms with Gasteiger partial charge in [-0.25, -0.2) is 9.97 Å². The Bertz CT molecular complexity index is 689.